The van der Waals surface area contributed by atoms with Gasteiger partial charge in [0.15, 0.2) is 0 Å². The van der Waals surface area contributed by atoms with Gasteiger partial charge in [0.25, 0.3) is 0 Å². The minimum Gasteiger partial charge on any atom is -0.284 e. The molecule has 1 aliphatic heterocycles. The lowest BCUT2D eigenvalue weighted by atomic mass is 9.97. The van der Waals surface area contributed by atoms with Gasteiger partial charge >= 0.3 is 0 Å². The van der Waals surface area contributed by atoms with E-state index in [1.807, 2.05) is 30.5 Å². The molecule has 0 fully saturated rings. The molecule has 0 aliphatic carbocycles. The van der Waals surface area contributed by atoms with Crippen LogP contribution in [0.1, 0.15) is 16.8 Å². The van der Waals surface area contributed by atoms with Crippen molar-refractivity contribution in [2.75, 3.05) is 6.54 Å². The van der Waals surface area contributed by atoms with Crippen LogP contribution in [0.15, 0.2) is 53.7 Å². The third-order valence-electron chi connectivity index (χ3n) is 2.81. The van der Waals surface area contributed by atoms with Crippen molar-refractivity contribution < 1.29 is 0 Å². The fraction of sp³-hybridized carbons (Fsp3) is 0.143. The van der Waals surface area contributed by atoms with Crippen molar-refractivity contribution in [1.29, 1.82) is 0 Å². The molecule has 2 heteroatoms. The van der Waals surface area contributed by atoms with Crippen molar-refractivity contribution in [3.05, 3.63) is 65.5 Å². The van der Waals surface area contributed by atoms with Crippen LogP contribution in [0.4, 0.5) is 0 Å². The molecular formula is C14H12N2. The first kappa shape index (κ1) is 9.28. The summed E-state index contributed by atoms with van der Waals surface area (Å²) in [6.45, 7) is 0.842. The van der Waals surface area contributed by atoms with Crippen LogP contribution in [0.5, 0.6) is 0 Å². The predicted octanol–water partition coefficient (Wildman–Crippen LogP) is 2.48. The van der Waals surface area contributed by atoms with E-state index in [2.05, 4.69) is 28.2 Å². The van der Waals surface area contributed by atoms with Gasteiger partial charge in [0.1, 0.15) is 0 Å². The molecule has 0 saturated heterocycles. The van der Waals surface area contributed by atoms with Gasteiger partial charge in [-0.15, -0.1) is 0 Å². The van der Waals surface area contributed by atoms with E-state index in [4.69, 9.17) is 0 Å². The molecule has 2 aromatic rings. The smallest absolute Gasteiger partial charge is 0.0737 e. The van der Waals surface area contributed by atoms with Gasteiger partial charge < -0.3 is 0 Å². The van der Waals surface area contributed by atoms with Gasteiger partial charge in [0.2, 0.25) is 0 Å². The fourth-order valence-electron chi connectivity index (χ4n) is 2.05. The molecule has 1 aliphatic rings. The Kier molecular flexibility index (Phi) is 2.26. The van der Waals surface area contributed by atoms with Crippen molar-refractivity contribution in [3.63, 3.8) is 0 Å². The Morgan fingerprint density at radius 3 is 2.69 bits per heavy atom. The fourth-order valence-corrected chi connectivity index (χ4v) is 2.05. The minimum absolute atomic E-state index is 0.842. The lowest BCUT2D eigenvalue weighted by Crippen LogP contribution is -2.15. The van der Waals surface area contributed by atoms with E-state index >= 15 is 0 Å². The summed E-state index contributed by atoms with van der Waals surface area (Å²) < 4.78 is 0. The van der Waals surface area contributed by atoms with Gasteiger partial charge in [-0.05, 0) is 12.1 Å². The molecule has 0 unspecified atom stereocenters. The van der Waals surface area contributed by atoms with E-state index in [9.17, 15) is 0 Å². The van der Waals surface area contributed by atoms with E-state index < -0.39 is 0 Å². The maximum Gasteiger partial charge on any atom is 0.0737 e. The summed E-state index contributed by atoms with van der Waals surface area (Å²) in [5.41, 5.74) is 4.60. The first-order valence-electron chi connectivity index (χ1n) is 5.49. The summed E-state index contributed by atoms with van der Waals surface area (Å²) >= 11 is 0. The topological polar surface area (TPSA) is 25.2 Å². The number of aliphatic imine (C=N–C) groups is 1. The van der Waals surface area contributed by atoms with Crippen molar-refractivity contribution >= 4 is 5.71 Å². The third kappa shape index (κ3) is 1.52. The molecule has 16 heavy (non-hydrogen) atoms. The van der Waals surface area contributed by atoms with Crippen LogP contribution in [0.3, 0.4) is 0 Å². The number of aromatic nitrogens is 1. The molecule has 0 saturated carbocycles. The molecule has 1 aromatic heterocycles. The summed E-state index contributed by atoms with van der Waals surface area (Å²) in [5.74, 6) is 0. The average Bonchev–Trinajstić information content (AvgIpc) is 2.39. The van der Waals surface area contributed by atoms with Crippen LogP contribution in [-0.2, 0) is 6.42 Å². The minimum atomic E-state index is 0.842. The van der Waals surface area contributed by atoms with Gasteiger partial charge in [-0.3, -0.25) is 9.98 Å². The molecule has 0 spiro atoms. The van der Waals surface area contributed by atoms with Crippen LogP contribution >= 0.6 is 0 Å². The molecule has 2 nitrogen and oxygen atoms in total. The number of fused-ring (bicyclic) bond motifs is 1. The van der Waals surface area contributed by atoms with E-state index in [-0.39, 0.29) is 0 Å². The maximum atomic E-state index is 4.62. The van der Waals surface area contributed by atoms with E-state index in [1.54, 1.807) is 0 Å². The number of nitrogens with zero attached hydrogens (tertiary/aromatic N) is 2. The SMILES string of the molecule is c1ccc(C2=NCCc3ncccc32)cc1. The summed E-state index contributed by atoms with van der Waals surface area (Å²) in [5, 5.41) is 0. The molecule has 1 aromatic carbocycles. The zero-order chi connectivity index (χ0) is 10.8. The normalized spacial score (nSPS) is 14.1. The maximum absolute atomic E-state index is 4.62. The Labute approximate surface area is 94.7 Å². The van der Waals surface area contributed by atoms with Gasteiger partial charge in [-0.2, -0.15) is 0 Å². The summed E-state index contributed by atoms with van der Waals surface area (Å²) in [6, 6.07) is 14.4. The van der Waals surface area contributed by atoms with Crippen LogP contribution in [0.2, 0.25) is 0 Å². The summed E-state index contributed by atoms with van der Waals surface area (Å²) in [4.78, 5) is 9.03. The molecular weight excluding hydrogens is 196 g/mol. The molecule has 3 rings (SSSR count). The number of hydrogen-bond acceptors (Lipinski definition) is 2. The lowest BCUT2D eigenvalue weighted by Gasteiger charge is -2.15. The zero-order valence-corrected chi connectivity index (χ0v) is 8.93. The monoisotopic (exact) mass is 208 g/mol. The highest BCUT2D eigenvalue weighted by Gasteiger charge is 2.15. The van der Waals surface area contributed by atoms with Crippen molar-refractivity contribution in [2.45, 2.75) is 6.42 Å². The summed E-state index contributed by atoms with van der Waals surface area (Å²) in [7, 11) is 0. The quantitative estimate of drug-likeness (QED) is 0.706. The van der Waals surface area contributed by atoms with Crippen LogP contribution in [-0.4, -0.2) is 17.2 Å². The average molecular weight is 208 g/mol. The molecule has 2 heterocycles. The molecule has 0 atom stereocenters. The first-order valence-corrected chi connectivity index (χ1v) is 5.49. The van der Waals surface area contributed by atoms with Crippen molar-refractivity contribution in [3.8, 4) is 0 Å². The standard InChI is InChI=1S/C14H12N2/c1-2-5-11(6-3-1)14-12-7-4-9-15-13(12)8-10-16-14/h1-7,9H,8,10H2. The Bertz CT molecular complexity index is 529. The molecule has 0 amide bonds. The number of hydrogen-bond donors (Lipinski definition) is 0. The Balaban J connectivity index is 2.13. The summed E-state index contributed by atoms with van der Waals surface area (Å²) in [6.07, 6.45) is 2.80. The van der Waals surface area contributed by atoms with Gasteiger partial charge in [0.05, 0.1) is 11.4 Å². The highest BCUT2D eigenvalue weighted by molar-refractivity contribution is 6.13. The second kappa shape index (κ2) is 3.89. The predicted molar refractivity (Wildman–Crippen MR) is 64.9 cm³/mol. The van der Waals surface area contributed by atoms with Gasteiger partial charge in [-0.1, -0.05) is 30.3 Å². The zero-order valence-electron chi connectivity index (χ0n) is 8.93. The molecule has 0 bridgehead atoms. The Morgan fingerprint density at radius 2 is 1.81 bits per heavy atom. The van der Waals surface area contributed by atoms with Crippen LogP contribution in [0.25, 0.3) is 0 Å². The van der Waals surface area contributed by atoms with E-state index in [1.165, 1.54) is 11.1 Å². The largest absolute Gasteiger partial charge is 0.284 e. The number of benzene rings is 1. The van der Waals surface area contributed by atoms with Gasteiger partial charge in [0, 0.05) is 30.3 Å². The highest BCUT2D eigenvalue weighted by atomic mass is 14.8. The van der Waals surface area contributed by atoms with E-state index in [0.29, 0.717) is 0 Å². The molecule has 0 radical (unpaired) electrons. The second-order valence-electron chi connectivity index (χ2n) is 3.84. The molecule has 0 N–H and O–H groups in total. The van der Waals surface area contributed by atoms with Crippen LogP contribution in [0, 0.1) is 0 Å². The van der Waals surface area contributed by atoms with Crippen LogP contribution < -0.4 is 0 Å². The number of rotatable bonds is 1. The Hall–Kier alpha value is -1.96. The van der Waals surface area contributed by atoms with Gasteiger partial charge in [-0.25, -0.2) is 0 Å². The lowest BCUT2D eigenvalue weighted by molar-refractivity contribution is 0.898. The highest BCUT2D eigenvalue weighted by Crippen LogP contribution is 2.18. The molecule has 78 valence electrons. The van der Waals surface area contributed by atoms with E-state index in [0.717, 1.165) is 24.4 Å². The second-order valence-corrected chi connectivity index (χ2v) is 3.84. The first-order chi connectivity index (χ1) is 7.95. The van der Waals surface area contributed by atoms with Crippen molar-refractivity contribution in [1.82, 2.24) is 4.98 Å². The Morgan fingerprint density at radius 1 is 0.938 bits per heavy atom. The number of pyridine rings is 1. The van der Waals surface area contributed by atoms with Crippen molar-refractivity contribution in [2.24, 2.45) is 4.99 Å². The third-order valence-corrected chi connectivity index (χ3v) is 2.81.